The first-order chi connectivity index (χ1) is 15.1. The maximum atomic E-state index is 13.1. The fraction of sp³-hybridized carbons (Fsp3) is 0.400. The van der Waals surface area contributed by atoms with Crippen molar-refractivity contribution < 1.29 is 12.9 Å². The molecule has 0 saturated heterocycles. The predicted octanol–water partition coefficient (Wildman–Crippen LogP) is 3.20. The summed E-state index contributed by atoms with van der Waals surface area (Å²) in [4.78, 5) is 0.256. The lowest BCUT2D eigenvalue weighted by molar-refractivity contribution is -0.871. The van der Waals surface area contributed by atoms with Crippen LogP contribution in [0, 0.1) is 0 Å². The van der Waals surface area contributed by atoms with Crippen LogP contribution in [0.4, 0.5) is 0 Å². The van der Waals surface area contributed by atoms with Gasteiger partial charge in [-0.1, -0.05) is 48.5 Å². The summed E-state index contributed by atoms with van der Waals surface area (Å²) in [5.41, 5.74) is 4.96. The molecule has 0 amide bonds. The van der Waals surface area contributed by atoms with Crippen molar-refractivity contribution in [2.24, 2.45) is 7.05 Å². The van der Waals surface area contributed by atoms with E-state index in [0.717, 1.165) is 29.4 Å². The van der Waals surface area contributed by atoms with Crippen LogP contribution in [-0.2, 0) is 36.5 Å². The molecule has 1 atom stereocenters. The predicted molar refractivity (Wildman–Crippen MR) is 127 cm³/mol. The summed E-state index contributed by atoms with van der Waals surface area (Å²) in [6, 6.07) is 17.3. The van der Waals surface area contributed by atoms with Crippen LogP contribution in [0.3, 0.4) is 0 Å². The number of rotatable bonds is 7. The second-order valence-corrected chi connectivity index (χ2v) is 11.8. The number of likely N-dealkylation sites (N-methyl/N-ethyl adjacent to an activating group) is 1. The van der Waals surface area contributed by atoms with Crippen molar-refractivity contribution in [2.75, 3.05) is 34.2 Å². The average Bonchev–Trinajstić information content (AvgIpc) is 3.19. The van der Waals surface area contributed by atoms with Gasteiger partial charge in [-0.05, 0) is 35.1 Å². The third-order valence-corrected chi connectivity index (χ3v) is 7.89. The molecule has 1 unspecified atom stereocenters. The maximum absolute atomic E-state index is 13.1. The van der Waals surface area contributed by atoms with Gasteiger partial charge in [-0.15, -0.1) is 0 Å². The number of fused-ring (bicyclic) bond motifs is 1. The lowest BCUT2D eigenvalue weighted by Gasteiger charge is -2.31. The first-order valence-electron chi connectivity index (χ1n) is 11.1. The van der Waals surface area contributed by atoms with Crippen molar-refractivity contribution in [1.29, 1.82) is 0 Å². The highest BCUT2D eigenvalue weighted by Crippen LogP contribution is 2.30. The van der Waals surface area contributed by atoms with Crippen LogP contribution < -0.4 is 0 Å². The molecule has 1 aliphatic rings. The zero-order chi connectivity index (χ0) is 22.9. The quantitative estimate of drug-likeness (QED) is 0.516. The summed E-state index contributed by atoms with van der Waals surface area (Å²) >= 11 is 0. The number of hydrogen-bond acceptors (Lipinski definition) is 3. The normalized spacial score (nSPS) is 16.0. The van der Waals surface area contributed by atoms with E-state index in [1.807, 2.05) is 0 Å². The van der Waals surface area contributed by atoms with E-state index in [9.17, 15) is 8.42 Å². The van der Waals surface area contributed by atoms with Gasteiger partial charge in [0, 0.05) is 32.3 Å². The van der Waals surface area contributed by atoms with E-state index in [2.05, 4.69) is 74.8 Å². The Kier molecular flexibility index (Phi) is 6.25. The van der Waals surface area contributed by atoms with Crippen LogP contribution in [0.25, 0.3) is 0 Å². The molecule has 4 rings (SSSR count). The molecule has 2 heterocycles. The summed E-state index contributed by atoms with van der Waals surface area (Å²) in [6.07, 6.45) is 4.69. The largest absolute Gasteiger partial charge is 0.330 e. The number of hydrogen-bond donors (Lipinski definition) is 0. The van der Waals surface area contributed by atoms with Crippen molar-refractivity contribution in [1.82, 2.24) is 14.1 Å². The van der Waals surface area contributed by atoms with Crippen LogP contribution >= 0.6 is 0 Å². The first-order valence-corrected chi connectivity index (χ1v) is 12.5. The van der Waals surface area contributed by atoms with E-state index < -0.39 is 10.0 Å². The van der Waals surface area contributed by atoms with Crippen LogP contribution in [0.1, 0.15) is 28.2 Å². The standard InChI is InChI=1S/C25H33N4O2S/c1-27-18-25(16-26-27)32(30,31)28-13-12-21-10-11-22(15-23(21)17-28)24(19-29(2,3)4)14-20-8-6-5-7-9-20/h5-11,15-16,18,24H,12-14,17,19H2,1-4H3/q+1. The third kappa shape index (κ3) is 5.11. The van der Waals surface area contributed by atoms with E-state index in [0.29, 0.717) is 19.0 Å². The summed E-state index contributed by atoms with van der Waals surface area (Å²) in [7, 11) is 4.85. The number of aromatic nitrogens is 2. The Hall–Kier alpha value is -2.48. The van der Waals surface area contributed by atoms with Crippen molar-refractivity contribution in [2.45, 2.75) is 30.2 Å². The third-order valence-electron chi connectivity index (χ3n) is 6.09. The van der Waals surface area contributed by atoms with E-state index in [1.54, 1.807) is 17.5 Å². The van der Waals surface area contributed by atoms with Gasteiger partial charge in [0.1, 0.15) is 4.90 Å². The molecule has 32 heavy (non-hydrogen) atoms. The van der Waals surface area contributed by atoms with E-state index >= 15 is 0 Å². The molecule has 0 aliphatic carbocycles. The summed E-state index contributed by atoms with van der Waals surface area (Å²) < 4.78 is 30.2. The molecule has 0 bridgehead atoms. The molecular weight excluding hydrogens is 420 g/mol. The lowest BCUT2D eigenvalue weighted by Crippen LogP contribution is -2.39. The highest BCUT2D eigenvalue weighted by atomic mass is 32.2. The molecule has 170 valence electrons. The highest BCUT2D eigenvalue weighted by molar-refractivity contribution is 7.89. The van der Waals surface area contributed by atoms with Crippen molar-refractivity contribution >= 4 is 10.0 Å². The van der Waals surface area contributed by atoms with Gasteiger partial charge in [-0.25, -0.2) is 8.42 Å². The molecule has 0 saturated carbocycles. The second-order valence-electron chi connectivity index (χ2n) is 9.83. The van der Waals surface area contributed by atoms with Gasteiger partial charge >= 0.3 is 0 Å². The summed E-state index contributed by atoms with van der Waals surface area (Å²) in [6.45, 7) is 1.91. The van der Waals surface area contributed by atoms with Crippen molar-refractivity contribution in [3.05, 3.63) is 83.2 Å². The Morgan fingerprint density at radius 1 is 1.06 bits per heavy atom. The Balaban J connectivity index is 1.62. The minimum absolute atomic E-state index is 0.256. The number of nitrogens with zero attached hydrogens (tertiary/aromatic N) is 4. The van der Waals surface area contributed by atoms with Gasteiger partial charge in [0.2, 0.25) is 10.0 Å². The van der Waals surface area contributed by atoms with Gasteiger partial charge in [-0.2, -0.15) is 9.40 Å². The van der Waals surface area contributed by atoms with E-state index in [4.69, 9.17) is 0 Å². The molecule has 0 N–H and O–H groups in total. The van der Waals surface area contributed by atoms with Crippen LogP contribution in [-0.4, -0.2) is 61.2 Å². The lowest BCUT2D eigenvalue weighted by atomic mass is 9.88. The van der Waals surface area contributed by atoms with Crippen molar-refractivity contribution in [3.63, 3.8) is 0 Å². The Labute approximate surface area is 191 Å². The van der Waals surface area contributed by atoms with Gasteiger partial charge in [0.15, 0.2) is 0 Å². The smallest absolute Gasteiger partial charge is 0.246 e. The molecule has 0 fully saturated rings. The minimum Gasteiger partial charge on any atom is -0.330 e. The zero-order valence-corrected chi connectivity index (χ0v) is 20.2. The summed E-state index contributed by atoms with van der Waals surface area (Å²) in [5.74, 6) is 0.355. The van der Waals surface area contributed by atoms with Crippen LogP contribution in [0.5, 0.6) is 0 Å². The van der Waals surface area contributed by atoms with Gasteiger partial charge in [0.25, 0.3) is 0 Å². The molecular formula is C25H33N4O2S+. The van der Waals surface area contributed by atoms with E-state index in [-0.39, 0.29) is 4.90 Å². The number of benzene rings is 2. The maximum Gasteiger partial charge on any atom is 0.246 e. The van der Waals surface area contributed by atoms with Gasteiger partial charge in [-0.3, -0.25) is 4.68 Å². The van der Waals surface area contributed by atoms with Crippen LogP contribution in [0.15, 0.2) is 65.8 Å². The summed E-state index contributed by atoms with van der Waals surface area (Å²) in [5, 5.41) is 4.04. The monoisotopic (exact) mass is 453 g/mol. The van der Waals surface area contributed by atoms with Crippen molar-refractivity contribution in [3.8, 4) is 0 Å². The molecule has 1 aliphatic heterocycles. The Bertz CT molecular complexity index is 1180. The second kappa shape index (κ2) is 8.81. The molecule has 0 radical (unpaired) electrons. The Morgan fingerprint density at radius 2 is 1.81 bits per heavy atom. The molecule has 6 nitrogen and oxygen atoms in total. The molecule has 2 aromatic carbocycles. The fourth-order valence-corrected chi connectivity index (χ4v) is 5.94. The minimum atomic E-state index is -3.55. The SMILES string of the molecule is Cn1cc(S(=O)(=O)N2CCc3ccc(C(Cc4ccccc4)C[N+](C)(C)C)cc3C2)cn1. The number of aryl methyl sites for hydroxylation is 1. The van der Waals surface area contributed by atoms with E-state index in [1.165, 1.54) is 27.6 Å². The molecule has 7 heteroatoms. The fourth-order valence-electron chi connectivity index (χ4n) is 4.54. The Morgan fingerprint density at radius 3 is 2.47 bits per heavy atom. The average molecular weight is 454 g/mol. The number of sulfonamides is 1. The number of quaternary nitrogens is 1. The molecule has 1 aromatic heterocycles. The van der Waals surface area contributed by atoms with Gasteiger partial charge < -0.3 is 4.48 Å². The zero-order valence-electron chi connectivity index (χ0n) is 19.4. The van der Waals surface area contributed by atoms with Crippen LogP contribution in [0.2, 0.25) is 0 Å². The topological polar surface area (TPSA) is 55.2 Å². The first kappa shape index (κ1) is 22.7. The van der Waals surface area contributed by atoms with Gasteiger partial charge in [0.05, 0.1) is 33.9 Å². The molecule has 3 aromatic rings. The molecule has 0 spiro atoms. The highest BCUT2D eigenvalue weighted by Gasteiger charge is 2.30.